The Kier molecular flexibility index (Phi) is 5.05. The predicted octanol–water partition coefficient (Wildman–Crippen LogP) is 3.02. The number of fused-ring (bicyclic) bond motifs is 1. The molecule has 8 heteroatoms. The minimum Gasteiger partial charge on any atom is -0.321 e. The van der Waals surface area contributed by atoms with Crippen molar-refractivity contribution in [3.8, 4) is 22.5 Å². The zero-order valence-corrected chi connectivity index (χ0v) is 17.8. The molecule has 2 heterocycles. The van der Waals surface area contributed by atoms with E-state index in [1.807, 2.05) is 36.4 Å². The van der Waals surface area contributed by atoms with Crippen LogP contribution in [0.5, 0.6) is 0 Å². The van der Waals surface area contributed by atoms with Crippen molar-refractivity contribution in [1.82, 2.24) is 19.3 Å². The fourth-order valence-corrected chi connectivity index (χ4v) is 4.36. The van der Waals surface area contributed by atoms with Crippen LogP contribution in [0, 0.1) is 0 Å². The highest BCUT2D eigenvalue weighted by atomic mass is 32.2. The van der Waals surface area contributed by atoms with Crippen LogP contribution in [0.25, 0.3) is 28.2 Å². The van der Waals surface area contributed by atoms with E-state index in [1.54, 1.807) is 10.6 Å². The molecule has 1 aliphatic rings. The van der Waals surface area contributed by atoms with E-state index in [-0.39, 0.29) is 12.1 Å². The summed E-state index contributed by atoms with van der Waals surface area (Å²) < 4.78 is 26.0. The number of nitrogens with one attached hydrogen (secondary N) is 1. The van der Waals surface area contributed by atoms with Gasteiger partial charge in [-0.05, 0) is 37.0 Å². The molecule has 7 nitrogen and oxygen atoms in total. The first-order valence-corrected chi connectivity index (χ1v) is 11.4. The summed E-state index contributed by atoms with van der Waals surface area (Å²) in [5.74, 6) is 0. The summed E-state index contributed by atoms with van der Waals surface area (Å²) in [5.41, 5.74) is 12.4. The number of nitrogens with zero attached hydrogens (tertiary/aromatic N) is 3. The minimum absolute atomic E-state index is 0.129. The lowest BCUT2D eigenvalue weighted by molar-refractivity contribution is 0.253. The SMILES string of the molecule is NC1(c2ccc(-c3nc4ccc(CN[SH](=O)=O)nn4c3-c3ccccc3)cc2)CCC1. The van der Waals surface area contributed by atoms with Crippen LogP contribution in [0.1, 0.15) is 30.5 Å². The van der Waals surface area contributed by atoms with Gasteiger partial charge < -0.3 is 5.73 Å². The van der Waals surface area contributed by atoms with E-state index in [2.05, 4.69) is 34.1 Å². The van der Waals surface area contributed by atoms with Crippen molar-refractivity contribution in [2.24, 2.45) is 5.73 Å². The zero-order valence-electron chi connectivity index (χ0n) is 16.9. The Bertz CT molecular complexity index is 1300. The lowest BCUT2D eigenvalue weighted by atomic mass is 9.72. The van der Waals surface area contributed by atoms with Gasteiger partial charge in [0.25, 0.3) is 0 Å². The molecule has 2 aromatic carbocycles. The van der Waals surface area contributed by atoms with Crippen LogP contribution in [0.2, 0.25) is 0 Å². The lowest BCUT2D eigenvalue weighted by Gasteiger charge is -2.38. The van der Waals surface area contributed by atoms with Gasteiger partial charge in [0.2, 0.25) is 10.9 Å². The summed E-state index contributed by atoms with van der Waals surface area (Å²) in [5, 5.41) is 4.65. The molecule has 1 saturated carbocycles. The highest BCUT2D eigenvalue weighted by Crippen LogP contribution is 2.40. The molecular formula is C23H23N5O2S. The second kappa shape index (κ2) is 7.88. The first kappa shape index (κ1) is 19.9. The molecule has 5 rings (SSSR count). The maximum absolute atomic E-state index is 10.9. The largest absolute Gasteiger partial charge is 0.321 e. The van der Waals surface area contributed by atoms with Crippen molar-refractivity contribution in [3.63, 3.8) is 0 Å². The van der Waals surface area contributed by atoms with Crippen LogP contribution in [0.4, 0.5) is 0 Å². The molecule has 1 aliphatic carbocycles. The third-order valence-corrected chi connectivity index (χ3v) is 6.36. The molecule has 158 valence electrons. The molecule has 3 N–H and O–H groups in total. The van der Waals surface area contributed by atoms with Gasteiger partial charge in [0.1, 0.15) is 5.69 Å². The number of benzene rings is 2. The Morgan fingerprint density at radius 3 is 2.35 bits per heavy atom. The molecular weight excluding hydrogens is 410 g/mol. The summed E-state index contributed by atoms with van der Waals surface area (Å²) in [6, 6.07) is 21.9. The van der Waals surface area contributed by atoms with Crippen molar-refractivity contribution in [1.29, 1.82) is 0 Å². The van der Waals surface area contributed by atoms with E-state index in [4.69, 9.17) is 10.7 Å². The highest BCUT2D eigenvalue weighted by Gasteiger charge is 2.34. The molecule has 0 bridgehead atoms. The van der Waals surface area contributed by atoms with Crippen LogP contribution in [0.15, 0.2) is 66.7 Å². The zero-order chi connectivity index (χ0) is 21.4. The summed E-state index contributed by atoms with van der Waals surface area (Å²) in [6.07, 6.45) is 3.21. The Balaban J connectivity index is 1.63. The number of rotatable bonds is 6. The van der Waals surface area contributed by atoms with Gasteiger partial charge in [0.05, 0.1) is 17.9 Å². The molecule has 2 aromatic heterocycles. The van der Waals surface area contributed by atoms with Gasteiger partial charge in [-0.2, -0.15) is 5.10 Å². The van der Waals surface area contributed by atoms with Gasteiger partial charge in [-0.15, -0.1) is 0 Å². The van der Waals surface area contributed by atoms with Crippen molar-refractivity contribution in [2.75, 3.05) is 0 Å². The lowest BCUT2D eigenvalue weighted by Crippen LogP contribution is -2.43. The average molecular weight is 434 g/mol. The van der Waals surface area contributed by atoms with E-state index in [1.165, 1.54) is 6.42 Å². The molecule has 0 spiro atoms. The van der Waals surface area contributed by atoms with E-state index < -0.39 is 10.9 Å². The number of imidazole rings is 1. The molecule has 0 atom stereocenters. The number of hydrogen-bond donors (Lipinski definition) is 3. The van der Waals surface area contributed by atoms with Crippen LogP contribution >= 0.6 is 0 Å². The first-order valence-electron chi connectivity index (χ1n) is 10.3. The number of aromatic nitrogens is 3. The molecule has 31 heavy (non-hydrogen) atoms. The Labute approximate surface area is 182 Å². The van der Waals surface area contributed by atoms with Crippen LogP contribution in [0.3, 0.4) is 0 Å². The number of hydrogen-bond acceptors (Lipinski definition) is 5. The average Bonchev–Trinajstić information content (AvgIpc) is 3.15. The van der Waals surface area contributed by atoms with E-state index in [0.29, 0.717) is 11.3 Å². The summed E-state index contributed by atoms with van der Waals surface area (Å²) in [6.45, 7) is 0.129. The van der Waals surface area contributed by atoms with Crippen LogP contribution in [-0.4, -0.2) is 23.0 Å². The molecule has 0 unspecified atom stereocenters. The number of thiol groups is 1. The summed E-state index contributed by atoms with van der Waals surface area (Å²) in [4.78, 5) is 4.85. The molecule has 1 fully saturated rings. The molecule has 0 amide bonds. The number of nitrogens with two attached hydrogens (primary N) is 1. The summed E-state index contributed by atoms with van der Waals surface area (Å²) in [7, 11) is -2.68. The van der Waals surface area contributed by atoms with Gasteiger partial charge in [0.15, 0.2) is 5.65 Å². The minimum atomic E-state index is -2.68. The second-order valence-corrected chi connectivity index (χ2v) is 8.78. The normalized spacial score (nSPS) is 15.3. The maximum atomic E-state index is 10.9. The van der Waals surface area contributed by atoms with Crippen molar-refractivity contribution < 1.29 is 8.42 Å². The third kappa shape index (κ3) is 3.74. The fraction of sp³-hybridized carbons (Fsp3) is 0.217. The first-order chi connectivity index (χ1) is 15.0. The molecule has 0 radical (unpaired) electrons. The quantitative estimate of drug-likeness (QED) is 0.406. The van der Waals surface area contributed by atoms with Gasteiger partial charge in [-0.25, -0.2) is 22.6 Å². The van der Waals surface area contributed by atoms with Crippen molar-refractivity contribution >= 4 is 16.5 Å². The van der Waals surface area contributed by atoms with Crippen LogP contribution < -0.4 is 10.5 Å². The van der Waals surface area contributed by atoms with Crippen molar-refractivity contribution in [3.05, 3.63) is 78.0 Å². The molecule has 4 aromatic rings. The predicted molar refractivity (Wildman–Crippen MR) is 121 cm³/mol. The second-order valence-electron chi connectivity index (χ2n) is 7.95. The van der Waals surface area contributed by atoms with E-state index >= 15 is 0 Å². The fourth-order valence-electron chi connectivity index (χ4n) is 4.07. The van der Waals surface area contributed by atoms with E-state index in [9.17, 15) is 8.42 Å². The maximum Gasteiger partial charge on any atom is 0.201 e. The van der Waals surface area contributed by atoms with Crippen molar-refractivity contribution in [2.45, 2.75) is 31.3 Å². The van der Waals surface area contributed by atoms with Gasteiger partial charge in [-0.3, -0.25) is 0 Å². The highest BCUT2D eigenvalue weighted by molar-refractivity contribution is 7.70. The third-order valence-electron chi connectivity index (χ3n) is 5.95. The van der Waals surface area contributed by atoms with Gasteiger partial charge >= 0.3 is 0 Å². The van der Waals surface area contributed by atoms with E-state index in [0.717, 1.165) is 40.9 Å². The summed E-state index contributed by atoms with van der Waals surface area (Å²) >= 11 is 0. The van der Waals surface area contributed by atoms with Gasteiger partial charge in [0, 0.05) is 16.7 Å². The van der Waals surface area contributed by atoms with Crippen LogP contribution in [-0.2, 0) is 23.0 Å². The molecule has 0 aliphatic heterocycles. The smallest absolute Gasteiger partial charge is 0.201 e. The molecule has 0 saturated heterocycles. The van der Waals surface area contributed by atoms with Gasteiger partial charge in [-0.1, -0.05) is 54.6 Å². The Hall–Kier alpha value is -3.07. The Morgan fingerprint density at radius 1 is 0.968 bits per heavy atom. The monoisotopic (exact) mass is 433 g/mol. The topological polar surface area (TPSA) is 102 Å². The Morgan fingerprint density at radius 2 is 1.71 bits per heavy atom. The standard InChI is InChI=1S/C23H23N5O2S/c24-23(13-4-14-23)18-9-7-16(8-10-18)21-22(17-5-2-1-3-6-17)28-20(26-21)12-11-19(27-28)15-25-31(29)30/h1-3,5-12,31H,4,13-15,24H2,(H,25,29,30).